The topological polar surface area (TPSA) is 101 Å². The molecule has 7 nitrogen and oxygen atoms in total. The van der Waals surface area contributed by atoms with Gasteiger partial charge < -0.3 is 10.4 Å². The number of benzene rings is 1. The van der Waals surface area contributed by atoms with Gasteiger partial charge in [0.25, 0.3) is 5.69 Å². The van der Waals surface area contributed by atoms with E-state index in [-0.39, 0.29) is 17.1 Å². The largest absolute Gasteiger partial charge is 0.506 e. The Balaban J connectivity index is 2.11. The number of nitrogens with zero attached hydrogens (tertiary/aromatic N) is 3. The first-order valence-electron chi connectivity index (χ1n) is 6.42. The van der Waals surface area contributed by atoms with Crippen LogP contribution in [-0.2, 0) is 0 Å². The van der Waals surface area contributed by atoms with E-state index in [1.807, 2.05) is 13.8 Å². The second kappa shape index (κ2) is 5.23. The van der Waals surface area contributed by atoms with Gasteiger partial charge in [0, 0.05) is 17.0 Å². The molecule has 0 fully saturated rings. The minimum absolute atomic E-state index is 0.0815. The van der Waals surface area contributed by atoms with Crippen LogP contribution in [0.2, 0.25) is 0 Å². The molecule has 2 N–H and O–H groups in total. The van der Waals surface area contributed by atoms with Gasteiger partial charge in [-0.3, -0.25) is 10.1 Å². The highest BCUT2D eigenvalue weighted by molar-refractivity contribution is 7.18. The quantitative estimate of drug-likeness (QED) is 0.434. The molecule has 0 saturated carbocycles. The van der Waals surface area contributed by atoms with Crippen molar-refractivity contribution in [1.82, 2.24) is 9.97 Å². The number of phenols is 1. The zero-order valence-electron chi connectivity index (χ0n) is 11.8. The van der Waals surface area contributed by atoms with Gasteiger partial charge in [-0.25, -0.2) is 9.97 Å². The summed E-state index contributed by atoms with van der Waals surface area (Å²) in [6.45, 7) is 3.96. The third kappa shape index (κ3) is 2.33. The van der Waals surface area contributed by atoms with Gasteiger partial charge >= 0.3 is 0 Å². The molecule has 0 radical (unpaired) electrons. The van der Waals surface area contributed by atoms with Crippen molar-refractivity contribution >= 4 is 38.7 Å². The van der Waals surface area contributed by atoms with Crippen LogP contribution in [0.5, 0.6) is 5.75 Å². The molecule has 3 rings (SSSR count). The molecule has 8 heteroatoms. The Labute approximate surface area is 129 Å². The lowest BCUT2D eigenvalue weighted by molar-refractivity contribution is -0.384. The van der Waals surface area contributed by atoms with Crippen LogP contribution in [0.1, 0.15) is 10.4 Å². The zero-order chi connectivity index (χ0) is 15.9. The summed E-state index contributed by atoms with van der Waals surface area (Å²) in [5.74, 6) is 0.435. The van der Waals surface area contributed by atoms with Gasteiger partial charge in [-0.15, -0.1) is 11.3 Å². The third-order valence-electron chi connectivity index (χ3n) is 3.41. The molecule has 3 aromatic rings. The number of fused-ring (bicyclic) bond motifs is 1. The van der Waals surface area contributed by atoms with Crippen LogP contribution in [0.3, 0.4) is 0 Å². The van der Waals surface area contributed by atoms with Crippen LogP contribution < -0.4 is 5.32 Å². The first kappa shape index (κ1) is 14.2. The molecule has 0 aliphatic heterocycles. The summed E-state index contributed by atoms with van der Waals surface area (Å²) in [6.07, 6.45) is 1.43. The summed E-state index contributed by atoms with van der Waals surface area (Å²) in [6, 6.07) is 3.80. The Bertz CT molecular complexity index is 891. The smallest absolute Gasteiger partial charge is 0.271 e. The fourth-order valence-electron chi connectivity index (χ4n) is 2.14. The number of nitrogens with one attached hydrogen (secondary N) is 1. The molecule has 112 valence electrons. The Hall–Kier alpha value is -2.74. The van der Waals surface area contributed by atoms with Crippen molar-refractivity contribution in [1.29, 1.82) is 0 Å². The SMILES string of the molecule is Cc1sc2ncnc(Nc3cc([N+](=O)[O-])ccc3O)c2c1C. The number of rotatable bonds is 3. The third-order valence-corrected chi connectivity index (χ3v) is 4.52. The summed E-state index contributed by atoms with van der Waals surface area (Å²) < 4.78 is 0. The number of nitro groups is 1. The summed E-state index contributed by atoms with van der Waals surface area (Å²) >= 11 is 1.55. The van der Waals surface area contributed by atoms with Crippen molar-refractivity contribution in [2.24, 2.45) is 0 Å². The first-order valence-corrected chi connectivity index (χ1v) is 7.24. The lowest BCUT2D eigenvalue weighted by Gasteiger charge is -2.09. The average molecular weight is 316 g/mol. The molecule has 1 aromatic carbocycles. The number of non-ortho nitro benzene ring substituents is 1. The Kier molecular flexibility index (Phi) is 3.38. The van der Waals surface area contributed by atoms with E-state index >= 15 is 0 Å². The van der Waals surface area contributed by atoms with E-state index in [0.717, 1.165) is 20.7 Å². The monoisotopic (exact) mass is 316 g/mol. The van der Waals surface area contributed by atoms with Crippen LogP contribution in [0, 0.1) is 24.0 Å². The number of aromatic hydroxyl groups is 1. The fourth-order valence-corrected chi connectivity index (χ4v) is 3.14. The van der Waals surface area contributed by atoms with Gasteiger partial charge in [-0.1, -0.05) is 0 Å². The number of anilines is 2. The van der Waals surface area contributed by atoms with Crippen molar-refractivity contribution in [3.8, 4) is 5.75 Å². The molecule has 0 aliphatic carbocycles. The second-order valence-corrected chi connectivity index (χ2v) is 5.97. The van der Waals surface area contributed by atoms with Crippen LogP contribution in [0.15, 0.2) is 24.5 Å². The van der Waals surface area contributed by atoms with Crippen molar-refractivity contribution in [2.45, 2.75) is 13.8 Å². The van der Waals surface area contributed by atoms with Gasteiger partial charge in [0.2, 0.25) is 0 Å². The highest BCUT2D eigenvalue weighted by atomic mass is 32.1. The average Bonchev–Trinajstić information content (AvgIpc) is 2.77. The lowest BCUT2D eigenvalue weighted by Crippen LogP contribution is -1.97. The van der Waals surface area contributed by atoms with Crippen LogP contribution in [0.4, 0.5) is 17.2 Å². The van der Waals surface area contributed by atoms with Crippen LogP contribution in [0.25, 0.3) is 10.2 Å². The Morgan fingerprint density at radius 1 is 1.32 bits per heavy atom. The van der Waals surface area contributed by atoms with E-state index in [4.69, 9.17) is 0 Å². The highest BCUT2D eigenvalue weighted by Crippen LogP contribution is 2.36. The summed E-state index contributed by atoms with van der Waals surface area (Å²) in [4.78, 5) is 20.7. The van der Waals surface area contributed by atoms with E-state index < -0.39 is 4.92 Å². The Morgan fingerprint density at radius 3 is 2.82 bits per heavy atom. The van der Waals surface area contributed by atoms with Gasteiger partial charge in [0.15, 0.2) is 0 Å². The zero-order valence-corrected chi connectivity index (χ0v) is 12.6. The van der Waals surface area contributed by atoms with Gasteiger partial charge in [-0.2, -0.15) is 0 Å². The molecular weight excluding hydrogens is 304 g/mol. The van der Waals surface area contributed by atoms with E-state index in [9.17, 15) is 15.2 Å². The minimum atomic E-state index is -0.514. The standard InChI is InChI=1S/C14H12N4O3S/c1-7-8(2)22-14-12(7)13(15-6-16-14)17-10-5-9(18(20)21)3-4-11(10)19/h3-6,19H,1-2H3,(H,15,16,17). The number of phenolic OH excluding ortho intramolecular Hbond substituents is 1. The molecule has 2 aromatic heterocycles. The van der Waals surface area contributed by atoms with Gasteiger partial charge in [0.1, 0.15) is 22.7 Å². The molecule has 0 amide bonds. The molecule has 0 spiro atoms. The van der Waals surface area contributed by atoms with E-state index in [0.29, 0.717) is 5.82 Å². The second-order valence-electron chi connectivity index (χ2n) is 4.77. The van der Waals surface area contributed by atoms with Crippen molar-refractivity contribution < 1.29 is 10.0 Å². The number of nitro benzene ring substituents is 1. The van der Waals surface area contributed by atoms with Crippen LogP contribution >= 0.6 is 11.3 Å². The number of hydrogen-bond acceptors (Lipinski definition) is 7. The molecule has 22 heavy (non-hydrogen) atoms. The summed E-state index contributed by atoms with van der Waals surface area (Å²) in [5, 5.41) is 24.6. The predicted molar refractivity (Wildman–Crippen MR) is 84.9 cm³/mol. The Morgan fingerprint density at radius 2 is 2.09 bits per heavy atom. The number of hydrogen-bond donors (Lipinski definition) is 2. The van der Waals surface area contributed by atoms with Crippen molar-refractivity contribution in [2.75, 3.05) is 5.32 Å². The normalized spacial score (nSPS) is 10.8. The van der Waals surface area contributed by atoms with E-state index in [2.05, 4.69) is 15.3 Å². The lowest BCUT2D eigenvalue weighted by atomic mass is 10.2. The molecule has 0 saturated heterocycles. The summed E-state index contributed by atoms with van der Waals surface area (Å²) in [5.41, 5.74) is 1.18. The summed E-state index contributed by atoms with van der Waals surface area (Å²) in [7, 11) is 0. The van der Waals surface area contributed by atoms with E-state index in [1.54, 1.807) is 11.3 Å². The maximum atomic E-state index is 10.9. The van der Waals surface area contributed by atoms with Crippen LogP contribution in [-0.4, -0.2) is 20.0 Å². The fraction of sp³-hybridized carbons (Fsp3) is 0.143. The maximum absolute atomic E-state index is 10.9. The van der Waals surface area contributed by atoms with Gasteiger partial charge in [-0.05, 0) is 25.5 Å². The molecular formula is C14H12N4O3S. The minimum Gasteiger partial charge on any atom is -0.506 e. The van der Waals surface area contributed by atoms with Crippen molar-refractivity contribution in [3.05, 3.63) is 45.1 Å². The number of aryl methyl sites for hydroxylation is 2. The first-order chi connectivity index (χ1) is 10.5. The van der Waals surface area contributed by atoms with Gasteiger partial charge in [0.05, 0.1) is 16.0 Å². The molecule has 2 heterocycles. The molecule has 0 unspecified atom stereocenters. The number of thiophene rings is 1. The van der Waals surface area contributed by atoms with E-state index in [1.165, 1.54) is 24.5 Å². The number of aromatic nitrogens is 2. The van der Waals surface area contributed by atoms with Crippen molar-refractivity contribution in [3.63, 3.8) is 0 Å². The molecule has 0 bridgehead atoms. The molecule has 0 aliphatic rings. The predicted octanol–water partition coefficient (Wildman–Crippen LogP) is 3.67. The maximum Gasteiger partial charge on any atom is 0.271 e. The highest BCUT2D eigenvalue weighted by Gasteiger charge is 2.15. The molecule has 0 atom stereocenters.